The number of rotatable bonds is 6. The molecular weight excluding hydrogens is 290 g/mol. The van der Waals surface area contributed by atoms with Gasteiger partial charge in [-0.1, -0.05) is 36.8 Å². The molecule has 0 fully saturated rings. The third-order valence-corrected chi connectivity index (χ3v) is 3.84. The van der Waals surface area contributed by atoms with Crippen molar-refractivity contribution in [2.45, 2.75) is 26.3 Å². The van der Waals surface area contributed by atoms with E-state index in [1.807, 2.05) is 6.92 Å². The van der Waals surface area contributed by atoms with Gasteiger partial charge < -0.3 is 14.8 Å². The van der Waals surface area contributed by atoms with Crippen LogP contribution in [0, 0.1) is 6.92 Å². The van der Waals surface area contributed by atoms with Crippen LogP contribution in [-0.4, -0.2) is 20.1 Å². The minimum atomic E-state index is -0.127. The molecule has 0 aromatic heterocycles. The molecule has 23 heavy (non-hydrogen) atoms. The third kappa shape index (κ3) is 4.03. The van der Waals surface area contributed by atoms with Gasteiger partial charge in [-0.05, 0) is 37.1 Å². The second-order valence-corrected chi connectivity index (χ2v) is 5.41. The lowest BCUT2D eigenvalue weighted by Crippen LogP contribution is -2.28. The number of hydrogen-bond acceptors (Lipinski definition) is 3. The van der Waals surface area contributed by atoms with Gasteiger partial charge in [0.15, 0.2) is 11.5 Å². The van der Waals surface area contributed by atoms with E-state index in [4.69, 9.17) is 9.47 Å². The monoisotopic (exact) mass is 313 g/mol. The first-order chi connectivity index (χ1) is 11.1. The zero-order valence-corrected chi connectivity index (χ0v) is 14.1. The molecule has 2 aromatic carbocycles. The SMILES string of the molecule is CC[C@H](NC(=O)c1ccc(OC)c(OC)c1)c1ccc(C)cc1. The van der Waals surface area contributed by atoms with Gasteiger partial charge in [-0.15, -0.1) is 0 Å². The molecule has 0 saturated carbocycles. The van der Waals surface area contributed by atoms with Crippen molar-refractivity contribution in [2.24, 2.45) is 0 Å². The molecule has 4 nitrogen and oxygen atoms in total. The summed E-state index contributed by atoms with van der Waals surface area (Å²) in [6.07, 6.45) is 0.822. The standard InChI is InChI=1S/C19H23NO3/c1-5-16(14-8-6-13(2)7-9-14)20-19(21)15-10-11-17(22-3)18(12-15)23-4/h6-12,16H,5H2,1-4H3,(H,20,21)/t16-/m0/s1. The Bertz CT molecular complexity index is 665. The molecule has 1 atom stereocenters. The van der Waals surface area contributed by atoms with Crippen LogP contribution >= 0.6 is 0 Å². The lowest BCUT2D eigenvalue weighted by molar-refractivity contribution is 0.0935. The molecule has 122 valence electrons. The summed E-state index contributed by atoms with van der Waals surface area (Å²) in [6.45, 7) is 4.10. The van der Waals surface area contributed by atoms with Crippen LogP contribution in [0.15, 0.2) is 42.5 Å². The molecule has 0 aliphatic rings. The van der Waals surface area contributed by atoms with Gasteiger partial charge in [-0.3, -0.25) is 4.79 Å². The van der Waals surface area contributed by atoms with E-state index in [1.165, 1.54) is 5.56 Å². The molecule has 2 rings (SSSR count). The van der Waals surface area contributed by atoms with Crippen molar-refractivity contribution < 1.29 is 14.3 Å². The van der Waals surface area contributed by atoms with Crippen molar-refractivity contribution in [3.63, 3.8) is 0 Å². The number of amides is 1. The lowest BCUT2D eigenvalue weighted by Gasteiger charge is -2.18. The quantitative estimate of drug-likeness (QED) is 0.880. The van der Waals surface area contributed by atoms with Crippen LogP contribution < -0.4 is 14.8 Å². The number of carbonyl (C=O) groups is 1. The highest BCUT2D eigenvalue weighted by atomic mass is 16.5. The predicted octanol–water partition coefficient (Wildman–Crippen LogP) is 3.89. The van der Waals surface area contributed by atoms with Crippen LogP contribution in [0.4, 0.5) is 0 Å². The molecule has 1 amide bonds. The zero-order valence-electron chi connectivity index (χ0n) is 14.1. The van der Waals surface area contributed by atoms with Crippen molar-refractivity contribution in [1.82, 2.24) is 5.32 Å². The fraction of sp³-hybridized carbons (Fsp3) is 0.316. The molecule has 1 N–H and O–H groups in total. The molecule has 0 spiro atoms. The molecule has 0 saturated heterocycles. The summed E-state index contributed by atoms with van der Waals surface area (Å²) >= 11 is 0. The highest BCUT2D eigenvalue weighted by Crippen LogP contribution is 2.28. The fourth-order valence-electron chi connectivity index (χ4n) is 2.44. The Balaban J connectivity index is 2.18. The number of ether oxygens (including phenoxy) is 2. The van der Waals surface area contributed by atoms with Crippen LogP contribution in [0.25, 0.3) is 0 Å². The summed E-state index contributed by atoms with van der Waals surface area (Å²) in [7, 11) is 3.13. The van der Waals surface area contributed by atoms with E-state index in [0.717, 1.165) is 12.0 Å². The van der Waals surface area contributed by atoms with E-state index in [9.17, 15) is 4.79 Å². The second kappa shape index (κ2) is 7.68. The minimum Gasteiger partial charge on any atom is -0.493 e. The van der Waals surface area contributed by atoms with Gasteiger partial charge in [-0.2, -0.15) is 0 Å². The van der Waals surface area contributed by atoms with Crippen molar-refractivity contribution in [3.05, 3.63) is 59.2 Å². The number of nitrogens with one attached hydrogen (secondary N) is 1. The average molecular weight is 313 g/mol. The maximum Gasteiger partial charge on any atom is 0.251 e. The van der Waals surface area contributed by atoms with Crippen LogP contribution in [-0.2, 0) is 0 Å². The number of hydrogen-bond donors (Lipinski definition) is 1. The lowest BCUT2D eigenvalue weighted by atomic mass is 10.0. The van der Waals surface area contributed by atoms with Crippen molar-refractivity contribution in [2.75, 3.05) is 14.2 Å². The summed E-state index contributed by atoms with van der Waals surface area (Å²) < 4.78 is 10.4. The Kier molecular flexibility index (Phi) is 5.63. The Morgan fingerprint density at radius 2 is 1.70 bits per heavy atom. The number of aryl methyl sites for hydroxylation is 1. The number of methoxy groups -OCH3 is 2. The summed E-state index contributed by atoms with van der Waals surface area (Å²) in [5, 5.41) is 3.07. The van der Waals surface area contributed by atoms with E-state index in [1.54, 1.807) is 32.4 Å². The molecule has 4 heteroatoms. The van der Waals surface area contributed by atoms with Crippen LogP contribution in [0.2, 0.25) is 0 Å². The summed E-state index contributed by atoms with van der Waals surface area (Å²) in [6, 6.07) is 13.4. The van der Waals surface area contributed by atoms with E-state index < -0.39 is 0 Å². The average Bonchev–Trinajstić information content (AvgIpc) is 2.59. The first-order valence-corrected chi connectivity index (χ1v) is 7.68. The normalized spacial score (nSPS) is 11.7. The van der Waals surface area contributed by atoms with E-state index in [2.05, 4.69) is 36.5 Å². The van der Waals surface area contributed by atoms with Crippen LogP contribution in [0.1, 0.15) is 40.9 Å². The Morgan fingerprint density at radius 1 is 1.04 bits per heavy atom. The molecule has 0 aliphatic heterocycles. The van der Waals surface area contributed by atoms with E-state index >= 15 is 0 Å². The Labute approximate surface area is 137 Å². The summed E-state index contributed by atoms with van der Waals surface area (Å²) in [5.41, 5.74) is 2.86. The minimum absolute atomic E-state index is 0.0174. The molecule has 0 aliphatic carbocycles. The summed E-state index contributed by atoms with van der Waals surface area (Å²) in [5.74, 6) is 1.02. The number of benzene rings is 2. The highest BCUT2D eigenvalue weighted by molar-refractivity contribution is 5.95. The topological polar surface area (TPSA) is 47.6 Å². The van der Waals surface area contributed by atoms with Gasteiger partial charge in [0.2, 0.25) is 0 Å². The van der Waals surface area contributed by atoms with Gasteiger partial charge in [-0.25, -0.2) is 0 Å². The van der Waals surface area contributed by atoms with Crippen LogP contribution in [0.5, 0.6) is 11.5 Å². The first-order valence-electron chi connectivity index (χ1n) is 7.68. The van der Waals surface area contributed by atoms with Crippen molar-refractivity contribution in [3.8, 4) is 11.5 Å². The maximum atomic E-state index is 12.5. The fourth-order valence-corrected chi connectivity index (χ4v) is 2.44. The van der Waals surface area contributed by atoms with Gasteiger partial charge in [0.05, 0.1) is 20.3 Å². The molecule has 0 unspecified atom stereocenters. The van der Waals surface area contributed by atoms with Gasteiger partial charge >= 0.3 is 0 Å². The molecular formula is C19H23NO3. The van der Waals surface area contributed by atoms with E-state index in [-0.39, 0.29) is 11.9 Å². The highest BCUT2D eigenvalue weighted by Gasteiger charge is 2.16. The Hall–Kier alpha value is -2.49. The number of carbonyl (C=O) groups excluding carboxylic acids is 1. The van der Waals surface area contributed by atoms with E-state index in [0.29, 0.717) is 17.1 Å². The molecule has 0 radical (unpaired) electrons. The third-order valence-electron chi connectivity index (χ3n) is 3.84. The smallest absolute Gasteiger partial charge is 0.251 e. The molecule has 0 bridgehead atoms. The maximum absolute atomic E-state index is 12.5. The van der Waals surface area contributed by atoms with Gasteiger partial charge in [0.1, 0.15) is 0 Å². The Morgan fingerprint density at radius 3 is 2.26 bits per heavy atom. The largest absolute Gasteiger partial charge is 0.493 e. The zero-order chi connectivity index (χ0) is 16.8. The van der Waals surface area contributed by atoms with Gasteiger partial charge in [0, 0.05) is 5.56 Å². The van der Waals surface area contributed by atoms with Crippen molar-refractivity contribution in [1.29, 1.82) is 0 Å². The second-order valence-electron chi connectivity index (χ2n) is 5.41. The van der Waals surface area contributed by atoms with Crippen LogP contribution in [0.3, 0.4) is 0 Å². The van der Waals surface area contributed by atoms with Crippen molar-refractivity contribution >= 4 is 5.91 Å². The van der Waals surface area contributed by atoms with Gasteiger partial charge in [0.25, 0.3) is 5.91 Å². The first kappa shape index (κ1) is 16.9. The molecule has 0 heterocycles. The summed E-state index contributed by atoms with van der Waals surface area (Å²) in [4.78, 5) is 12.5. The molecule has 2 aromatic rings. The predicted molar refractivity (Wildman–Crippen MR) is 91.2 cm³/mol.